The van der Waals surface area contributed by atoms with Gasteiger partial charge in [0.2, 0.25) is 0 Å². The summed E-state index contributed by atoms with van der Waals surface area (Å²) in [7, 11) is 0. The summed E-state index contributed by atoms with van der Waals surface area (Å²) in [5.41, 5.74) is 18.4. The average Bonchev–Trinajstić information content (AvgIpc) is 3.24. The molecule has 0 spiro atoms. The van der Waals surface area contributed by atoms with Gasteiger partial charge >= 0.3 is 6.85 Å². The SMILES string of the molecule is Cc1cc2c3c(c1)N(c1ccccc1C)c1ccc(N(c4ccccc4)c4ccccc4)cc1B3N(c1ccccc1C)c1cc3c(cc1-2)Sc1ccccc1S3. The van der Waals surface area contributed by atoms with Crippen LogP contribution in [0.15, 0.2) is 196 Å². The van der Waals surface area contributed by atoms with E-state index in [-0.39, 0.29) is 6.85 Å². The summed E-state index contributed by atoms with van der Waals surface area (Å²) in [6.07, 6.45) is 0. The number of anilines is 8. The molecule has 3 aliphatic rings. The van der Waals surface area contributed by atoms with Gasteiger partial charge in [-0.05, 0) is 139 Å². The Balaban J connectivity index is 1.23. The van der Waals surface area contributed by atoms with Gasteiger partial charge < -0.3 is 14.6 Å². The van der Waals surface area contributed by atoms with E-state index in [1.165, 1.54) is 86.8 Å². The minimum absolute atomic E-state index is 0.0978. The molecule has 3 nitrogen and oxygen atoms in total. The van der Waals surface area contributed by atoms with Crippen LogP contribution in [-0.4, -0.2) is 6.85 Å². The fraction of sp³-hybridized carbons (Fsp3) is 0.0588. The Labute approximate surface area is 343 Å². The molecule has 3 heterocycles. The lowest BCUT2D eigenvalue weighted by atomic mass is 9.43. The van der Waals surface area contributed by atoms with Crippen molar-refractivity contribution in [2.45, 2.75) is 40.4 Å². The average molecular weight is 768 g/mol. The van der Waals surface area contributed by atoms with Crippen molar-refractivity contribution >= 4 is 86.8 Å². The number of fused-ring (bicyclic) bond motifs is 6. The summed E-state index contributed by atoms with van der Waals surface area (Å²) in [6.45, 7) is 6.65. The molecule has 0 unspecified atom stereocenters. The quantitative estimate of drug-likeness (QED) is 0.161. The number of nitrogens with zero attached hydrogens (tertiary/aromatic N) is 3. The summed E-state index contributed by atoms with van der Waals surface area (Å²) in [5, 5.41) is 0. The monoisotopic (exact) mass is 767 g/mol. The first-order valence-corrected chi connectivity index (χ1v) is 21.2. The third-order valence-electron chi connectivity index (χ3n) is 11.5. The standard InChI is InChI=1S/C51H38BN3S2/c1-33-28-40-39-31-49-50(57-48-25-15-14-24-47(48)56-49)32-45(39)55(43-23-13-11-17-35(43)3)52-41-30-38(53(36-18-6-4-7-19-36)37-20-8-5-9-21-37)26-27-44(41)54(46(29-33)51(40)52)42-22-12-10-16-34(42)2/h4-32H,1-3H3. The molecule has 0 N–H and O–H groups in total. The van der Waals surface area contributed by atoms with Crippen molar-refractivity contribution in [3.63, 3.8) is 0 Å². The maximum absolute atomic E-state index is 2.66. The maximum atomic E-state index is 2.66. The zero-order chi connectivity index (χ0) is 38.2. The first-order chi connectivity index (χ1) is 28.0. The van der Waals surface area contributed by atoms with Crippen LogP contribution in [0.4, 0.5) is 45.5 Å². The molecule has 8 aromatic rings. The highest BCUT2D eigenvalue weighted by Gasteiger charge is 2.46. The van der Waals surface area contributed by atoms with Gasteiger partial charge in [-0.3, -0.25) is 0 Å². The molecule has 0 atom stereocenters. The number of benzene rings is 8. The van der Waals surface area contributed by atoms with Gasteiger partial charge in [-0.15, -0.1) is 0 Å². The van der Waals surface area contributed by atoms with Crippen LogP contribution < -0.4 is 25.5 Å². The van der Waals surface area contributed by atoms with Gasteiger partial charge in [0.25, 0.3) is 0 Å². The van der Waals surface area contributed by atoms with Crippen LogP contribution in [0, 0.1) is 20.8 Å². The van der Waals surface area contributed by atoms with Crippen molar-refractivity contribution in [3.05, 3.63) is 193 Å². The number of hydrogen-bond acceptors (Lipinski definition) is 5. The number of aryl methyl sites for hydroxylation is 3. The molecule has 0 radical (unpaired) electrons. The van der Waals surface area contributed by atoms with Gasteiger partial charge in [0.15, 0.2) is 0 Å². The summed E-state index contributed by atoms with van der Waals surface area (Å²) < 4.78 is 0. The Hall–Kier alpha value is -6.08. The van der Waals surface area contributed by atoms with Crippen molar-refractivity contribution in [1.82, 2.24) is 0 Å². The Morgan fingerprint density at radius 2 is 1.00 bits per heavy atom. The molecule has 3 aliphatic heterocycles. The summed E-state index contributed by atoms with van der Waals surface area (Å²) in [6, 6.07) is 65.0. The lowest BCUT2D eigenvalue weighted by Gasteiger charge is -2.47. The van der Waals surface area contributed by atoms with E-state index < -0.39 is 0 Å². The summed E-state index contributed by atoms with van der Waals surface area (Å²) >= 11 is 3.78. The van der Waals surface area contributed by atoms with Crippen molar-refractivity contribution in [1.29, 1.82) is 0 Å². The van der Waals surface area contributed by atoms with E-state index in [2.05, 4.69) is 211 Å². The highest BCUT2D eigenvalue weighted by molar-refractivity contribution is 8.05. The second-order valence-corrected chi connectivity index (χ2v) is 17.3. The molecule has 0 amide bonds. The third kappa shape index (κ3) is 5.54. The number of rotatable bonds is 5. The Kier molecular flexibility index (Phi) is 8.13. The van der Waals surface area contributed by atoms with Crippen molar-refractivity contribution in [2.75, 3.05) is 14.6 Å². The van der Waals surface area contributed by atoms with Crippen molar-refractivity contribution < 1.29 is 0 Å². The minimum Gasteiger partial charge on any atom is -0.376 e. The van der Waals surface area contributed by atoms with Gasteiger partial charge in [0.1, 0.15) is 0 Å². The Bertz CT molecular complexity index is 2840. The molecule has 0 aromatic heterocycles. The van der Waals surface area contributed by atoms with Crippen LogP contribution in [0.5, 0.6) is 0 Å². The van der Waals surface area contributed by atoms with E-state index >= 15 is 0 Å². The van der Waals surface area contributed by atoms with Gasteiger partial charge in [-0.2, -0.15) is 0 Å². The van der Waals surface area contributed by atoms with Crippen molar-refractivity contribution in [3.8, 4) is 11.1 Å². The molecule has 0 bridgehead atoms. The Morgan fingerprint density at radius 3 is 1.65 bits per heavy atom. The molecule has 57 heavy (non-hydrogen) atoms. The van der Waals surface area contributed by atoms with Crippen LogP contribution in [0.1, 0.15) is 16.7 Å². The lowest BCUT2D eigenvalue weighted by Crippen LogP contribution is -2.61. The van der Waals surface area contributed by atoms with E-state index in [4.69, 9.17) is 0 Å². The van der Waals surface area contributed by atoms with Crippen LogP contribution in [-0.2, 0) is 0 Å². The van der Waals surface area contributed by atoms with E-state index in [0.717, 1.165) is 17.1 Å². The van der Waals surface area contributed by atoms with Gasteiger partial charge in [-0.1, -0.05) is 115 Å². The predicted molar refractivity (Wildman–Crippen MR) is 244 cm³/mol. The second-order valence-electron chi connectivity index (χ2n) is 15.1. The fourth-order valence-electron chi connectivity index (χ4n) is 9.03. The van der Waals surface area contributed by atoms with Crippen molar-refractivity contribution in [2.24, 2.45) is 0 Å². The molecular formula is C51H38BN3S2. The number of para-hydroxylation sites is 4. The zero-order valence-electron chi connectivity index (χ0n) is 32.0. The lowest BCUT2D eigenvalue weighted by molar-refractivity contribution is 1.15. The molecule has 0 fully saturated rings. The Morgan fingerprint density at radius 1 is 0.421 bits per heavy atom. The zero-order valence-corrected chi connectivity index (χ0v) is 33.6. The predicted octanol–water partition coefficient (Wildman–Crippen LogP) is 13.4. The van der Waals surface area contributed by atoms with Crippen LogP contribution in [0.25, 0.3) is 11.1 Å². The minimum atomic E-state index is -0.0978. The largest absolute Gasteiger partial charge is 0.376 e. The first kappa shape index (κ1) is 34.2. The molecule has 8 aromatic carbocycles. The van der Waals surface area contributed by atoms with Gasteiger partial charge in [-0.25, -0.2) is 0 Å². The van der Waals surface area contributed by atoms with Gasteiger partial charge in [0, 0.05) is 70.6 Å². The normalized spacial score (nSPS) is 13.3. The van der Waals surface area contributed by atoms with Crippen LogP contribution in [0.2, 0.25) is 0 Å². The third-order valence-corrected chi connectivity index (χ3v) is 14.1. The smallest absolute Gasteiger partial charge is 0.333 e. The fourth-order valence-corrected chi connectivity index (χ4v) is 11.3. The highest BCUT2D eigenvalue weighted by atomic mass is 32.2. The molecular weight excluding hydrogens is 730 g/mol. The van der Waals surface area contributed by atoms with Crippen LogP contribution in [0.3, 0.4) is 0 Å². The number of hydrogen-bond donors (Lipinski definition) is 0. The van der Waals surface area contributed by atoms with E-state index in [1.807, 2.05) is 23.5 Å². The first-order valence-electron chi connectivity index (χ1n) is 19.5. The molecule has 6 heteroatoms. The van der Waals surface area contributed by atoms with Crippen LogP contribution >= 0.6 is 23.5 Å². The molecule has 0 saturated heterocycles. The molecule has 272 valence electrons. The summed E-state index contributed by atoms with van der Waals surface area (Å²) in [5.74, 6) is 0. The maximum Gasteiger partial charge on any atom is 0.333 e. The van der Waals surface area contributed by atoms with E-state index in [9.17, 15) is 0 Å². The molecule has 11 rings (SSSR count). The second kappa shape index (κ2) is 13.5. The highest BCUT2D eigenvalue weighted by Crippen LogP contribution is 2.55. The van der Waals surface area contributed by atoms with E-state index in [0.29, 0.717) is 0 Å². The topological polar surface area (TPSA) is 9.72 Å². The molecule has 0 saturated carbocycles. The summed E-state index contributed by atoms with van der Waals surface area (Å²) in [4.78, 5) is 12.8. The van der Waals surface area contributed by atoms with Gasteiger partial charge in [0.05, 0.1) is 0 Å². The van der Waals surface area contributed by atoms with E-state index in [1.54, 1.807) is 0 Å². The molecule has 0 aliphatic carbocycles.